The van der Waals surface area contributed by atoms with E-state index in [-0.39, 0.29) is 5.91 Å². The van der Waals surface area contributed by atoms with Gasteiger partial charge in [0.25, 0.3) is 0 Å². The molecule has 0 saturated carbocycles. The van der Waals surface area contributed by atoms with E-state index in [1.54, 1.807) is 0 Å². The Bertz CT molecular complexity index is 896. The predicted molar refractivity (Wildman–Crippen MR) is 113 cm³/mol. The van der Waals surface area contributed by atoms with Crippen LogP contribution < -0.4 is 5.32 Å². The van der Waals surface area contributed by atoms with Gasteiger partial charge in [-0.3, -0.25) is 4.79 Å². The topological polar surface area (TPSA) is 38.3 Å². The molecule has 0 atom stereocenters. The summed E-state index contributed by atoms with van der Waals surface area (Å²) < 4.78 is 5.79. The lowest BCUT2D eigenvalue weighted by Gasteiger charge is -2.09. The Balaban J connectivity index is 1.41. The number of ether oxygens (including phenoxy) is 1. The summed E-state index contributed by atoms with van der Waals surface area (Å²) in [4.78, 5) is 12.1. The first-order chi connectivity index (χ1) is 13.7. The highest BCUT2D eigenvalue weighted by Crippen LogP contribution is 2.12. The van der Waals surface area contributed by atoms with Gasteiger partial charge < -0.3 is 10.1 Å². The van der Waals surface area contributed by atoms with Gasteiger partial charge in [-0.2, -0.15) is 0 Å². The third-order valence-electron chi connectivity index (χ3n) is 4.39. The van der Waals surface area contributed by atoms with Crippen molar-refractivity contribution in [1.29, 1.82) is 0 Å². The molecular formula is C24H24ClNO2. The van der Waals surface area contributed by atoms with Gasteiger partial charge in [-0.15, -0.1) is 0 Å². The third kappa shape index (κ3) is 6.84. The standard InChI is InChI=1S/C24H24ClNO2/c25-23-11-5-8-19(15-23)12-13-24(27)26-16-21-9-4-10-22(14-21)18-28-17-20-6-2-1-3-7-20/h1-11,14-15H,12-13,16-18H2,(H,26,27). The maximum absolute atomic E-state index is 12.1. The zero-order chi connectivity index (χ0) is 19.6. The fraction of sp³-hybridized carbons (Fsp3) is 0.208. The molecule has 0 spiro atoms. The average molecular weight is 394 g/mol. The Kier molecular flexibility index (Phi) is 7.65. The largest absolute Gasteiger partial charge is 0.372 e. The molecule has 0 aromatic heterocycles. The molecule has 0 bridgehead atoms. The summed E-state index contributed by atoms with van der Waals surface area (Å²) in [6.45, 7) is 1.65. The maximum Gasteiger partial charge on any atom is 0.220 e. The van der Waals surface area contributed by atoms with Crippen LogP contribution in [0.25, 0.3) is 0 Å². The second-order valence-electron chi connectivity index (χ2n) is 6.70. The summed E-state index contributed by atoms with van der Waals surface area (Å²) in [7, 11) is 0. The van der Waals surface area contributed by atoms with Crippen molar-refractivity contribution in [2.24, 2.45) is 0 Å². The van der Waals surface area contributed by atoms with Crippen molar-refractivity contribution < 1.29 is 9.53 Å². The van der Waals surface area contributed by atoms with E-state index in [2.05, 4.69) is 23.5 Å². The molecule has 3 aromatic rings. The summed E-state index contributed by atoms with van der Waals surface area (Å²) in [5.41, 5.74) is 4.39. The molecule has 0 radical (unpaired) electrons. The quantitative estimate of drug-likeness (QED) is 0.535. The van der Waals surface area contributed by atoms with Crippen molar-refractivity contribution in [1.82, 2.24) is 5.32 Å². The lowest BCUT2D eigenvalue weighted by molar-refractivity contribution is -0.121. The monoisotopic (exact) mass is 393 g/mol. The molecule has 3 nitrogen and oxygen atoms in total. The molecular weight excluding hydrogens is 370 g/mol. The minimum Gasteiger partial charge on any atom is -0.372 e. The Hall–Kier alpha value is -2.62. The van der Waals surface area contributed by atoms with Crippen LogP contribution in [-0.4, -0.2) is 5.91 Å². The molecule has 4 heteroatoms. The molecule has 1 amide bonds. The molecule has 0 aliphatic carbocycles. The van der Waals surface area contributed by atoms with Gasteiger partial charge in [-0.1, -0.05) is 78.3 Å². The number of carbonyl (C=O) groups is 1. The number of hydrogen-bond acceptors (Lipinski definition) is 2. The molecule has 0 saturated heterocycles. The van der Waals surface area contributed by atoms with E-state index in [1.165, 1.54) is 0 Å². The number of rotatable bonds is 9. The molecule has 0 fully saturated rings. The highest BCUT2D eigenvalue weighted by molar-refractivity contribution is 6.30. The van der Waals surface area contributed by atoms with Gasteiger partial charge in [0.1, 0.15) is 0 Å². The molecule has 144 valence electrons. The highest BCUT2D eigenvalue weighted by Gasteiger charge is 2.04. The van der Waals surface area contributed by atoms with Crippen LogP contribution >= 0.6 is 11.6 Å². The Morgan fingerprint density at radius 1 is 0.786 bits per heavy atom. The van der Waals surface area contributed by atoms with Gasteiger partial charge >= 0.3 is 0 Å². The minimum atomic E-state index is 0.0331. The lowest BCUT2D eigenvalue weighted by atomic mass is 10.1. The normalized spacial score (nSPS) is 10.6. The first kappa shape index (κ1) is 20.1. The van der Waals surface area contributed by atoms with E-state index in [1.807, 2.05) is 60.7 Å². The van der Waals surface area contributed by atoms with Crippen LogP contribution in [0.5, 0.6) is 0 Å². The number of nitrogens with one attached hydrogen (secondary N) is 1. The van der Waals surface area contributed by atoms with E-state index < -0.39 is 0 Å². The molecule has 0 unspecified atom stereocenters. The van der Waals surface area contributed by atoms with Crippen LogP contribution in [0.1, 0.15) is 28.7 Å². The smallest absolute Gasteiger partial charge is 0.220 e. The fourth-order valence-corrected chi connectivity index (χ4v) is 3.14. The van der Waals surface area contributed by atoms with Gasteiger partial charge in [0.05, 0.1) is 13.2 Å². The maximum atomic E-state index is 12.1. The first-order valence-electron chi connectivity index (χ1n) is 9.40. The van der Waals surface area contributed by atoms with Gasteiger partial charge in [-0.25, -0.2) is 0 Å². The van der Waals surface area contributed by atoms with Gasteiger partial charge in [0.2, 0.25) is 5.91 Å². The summed E-state index contributed by atoms with van der Waals surface area (Å²) in [6.07, 6.45) is 1.12. The van der Waals surface area contributed by atoms with Crippen LogP contribution in [0.2, 0.25) is 5.02 Å². The van der Waals surface area contributed by atoms with E-state index in [0.717, 1.165) is 22.3 Å². The first-order valence-corrected chi connectivity index (χ1v) is 9.77. The number of benzene rings is 3. The van der Waals surface area contributed by atoms with Crippen molar-refractivity contribution in [2.45, 2.75) is 32.6 Å². The summed E-state index contributed by atoms with van der Waals surface area (Å²) in [6, 6.07) is 25.8. The van der Waals surface area contributed by atoms with Crippen molar-refractivity contribution in [3.63, 3.8) is 0 Å². The second kappa shape index (κ2) is 10.6. The number of aryl methyl sites for hydroxylation is 1. The van der Waals surface area contributed by atoms with Crippen LogP contribution in [0.4, 0.5) is 0 Å². The molecule has 0 aliphatic heterocycles. The lowest BCUT2D eigenvalue weighted by Crippen LogP contribution is -2.23. The molecule has 1 N–H and O–H groups in total. The summed E-state index contributed by atoms with van der Waals surface area (Å²) in [5, 5.41) is 3.68. The number of halogens is 1. The summed E-state index contributed by atoms with van der Waals surface area (Å²) >= 11 is 5.98. The average Bonchev–Trinajstić information content (AvgIpc) is 2.72. The Labute approximate surface area is 171 Å². The molecule has 3 aromatic carbocycles. The van der Waals surface area contributed by atoms with Crippen molar-refractivity contribution in [3.8, 4) is 0 Å². The van der Waals surface area contributed by atoms with Crippen molar-refractivity contribution in [2.75, 3.05) is 0 Å². The minimum absolute atomic E-state index is 0.0331. The highest BCUT2D eigenvalue weighted by atomic mass is 35.5. The van der Waals surface area contributed by atoms with Gasteiger partial charge in [0, 0.05) is 18.0 Å². The fourth-order valence-electron chi connectivity index (χ4n) is 2.93. The SMILES string of the molecule is O=C(CCc1cccc(Cl)c1)NCc1cccc(COCc2ccccc2)c1. The summed E-state index contributed by atoms with van der Waals surface area (Å²) in [5.74, 6) is 0.0331. The van der Waals surface area contributed by atoms with E-state index in [9.17, 15) is 4.79 Å². The molecule has 0 aliphatic rings. The second-order valence-corrected chi connectivity index (χ2v) is 7.14. The molecule has 3 rings (SSSR count). The Morgan fingerprint density at radius 3 is 2.29 bits per heavy atom. The van der Waals surface area contributed by atoms with E-state index in [4.69, 9.17) is 16.3 Å². The van der Waals surface area contributed by atoms with E-state index in [0.29, 0.717) is 37.6 Å². The molecule has 28 heavy (non-hydrogen) atoms. The molecule has 0 heterocycles. The van der Waals surface area contributed by atoms with Crippen molar-refractivity contribution >= 4 is 17.5 Å². The van der Waals surface area contributed by atoms with Crippen LogP contribution in [0.3, 0.4) is 0 Å². The zero-order valence-electron chi connectivity index (χ0n) is 15.7. The van der Waals surface area contributed by atoms with Crippen LogP contribution in [0, 0.1) is 0 Å². The predicted octanol–water partition coefficient (Wildman–Crippen LogP) is 5.31. The number of hydrogen-bond donors (Lipinski definition) is 1. The Morgan fingerprint density at radius 2 is 1.46 bits per heavy atom. The number of carbonyl (C=O) groups excluding carboxylic acids is 1. The van der Waals surface area contributed by atoms with Gasteiger partial charge in [0.15, 0.2) is 0 Å². The van der Waals surface area contributed by atoms with Crippen LogP contribution in [0.15, 0.2) is 78.9 Å². The van der Waals surface area contributed by atoms with Crippen molar-refractivity contribution in [3.05, 3.63) is 106 Å². The van der Waals surface area contributed by atoms with Gasteiger partial charge in [-0.05, 0) is 40.8 Å². The zero-order valence-corrected chi connectivity index (χ0v) is 16.5. The van der Waals surface area contributed by atoms with Crippen LogP contribution in [-0.2, 0) is 35.7 Å². The van der Waals surface area contributed by atoms with E-state index >= 15 is 0 Å². The number of amides is 1. The third-order valence-corrected chi connectivity index (χ3v) is 4.63.